The van der Waals surface area contributed by atoms with Crippen LogP contribution in [-0.4, -0.2) is 37.8 Å². The van der Waals surface area contributed by atoms with Gasteiger partial charge in [0.05, 0.1) is 5.60 Å². The van der Waals surface area contributed by atoms with E-state index < -0.39 is 5.60 Å². The molecule has 6 nitrogen and oxygen atoms in total. The average Bonchev–Trinajstić information content (AvgIpc) is 2.30. The summed E-state index contributed by atoms with van der Waals surface area (Å²) in [6.07, 6.45) is 0. The molecule has 0 aromatic carbocycles. The SMILES string of the molecule is CCN(Cc1cc(=O)n(C)c(=O)n1C)CC(C)(C)O. The standard InChI is InChI=1S/C13H23N3O3/c1-6-16(9-13(2,3)19)8-10-7-11(17)15(5)12(18)14(10)4/h7,19H,6,8-9H2,1-5H3. The maximum Gasteiger partial charge on any atom is 0.330 e. The van der Waals surface area contributed by atoms with Crippen molar-refractivity contribution < 1.29 is 5.11 Å². The molecule has 1 aromatic heterocycles. The molecule has 1 rings (SSSR count). The molecule has 0 unspecified atom stereocenters. The summed E-state index contributed by atoms with van der Waals surface area (Å²) in [6, 6.07) is 1.47. The fraction of sp³-hybridized carbons (Fsp3) is 0.692. The third kappa shape index (κ3) is 4.04. The molecule has 1 N–H and O–H groups in total. The van der Waals surface area contributed by atoms with E-state index in [-0.39, 0.29) is 11.2 Å². The lowest BCUT2D eigenvalue weighted by atomic mass is 10.1. The molecule has 6 heteroatoms. The van der Waals surface area contributed by atoms with Crippen molar-refractivity contribution in [2.75, 3.05) is 13.1 Å². The van der Waals surface area contributed by atoms with Crippen LogP contribution in [0.2, 0.25) is 0 Å². The van der Waals surface area contributed by atoms with Crippen LogP contribution in [0.1, 0.15) is 26.5 Å². The molecule has 0 amide bonds. The molecule has 19 heavy (non-hydrogen) atoms. The summed E-state index contributed by atoms with van der Waals surface area (Å²) in [5, 5.41) is 9.84. The summed E-state index contributed by atoms with van der Waals surface area (Å²) in [5.74, 6) is 0. The summed E-state index contributed by atoms with van der Waals surface area (Å²) in [4.78, 5) is 25.5. The van der Waals surface area contributed by atoms with Crippen LogP contribution >= 0.6 is 0 Å². The highest BCUT2D eigenvalue weighted by Crippen LogP contribution is 2.07. The van der Waals surface area contributed by atoms with Crippen LogP contribution in [-0.2, 0) is 20.6 Å². The Balaban J connectivity index is 3.05. The molecule has 0 radical (unpaired) electrons. The minimum absolute atomic E-state index is 0.308. The van der Waals surface area contributed by atoms with Crippen LogP contribution < -0.4 is 11.2 Å². The quantitative estimate of drug-likeness (QED) is 0.795. The number of rotatable bonds is 5. The van der Waals surface area contributed by atoms with Crippen LogP contribution in [0.25, 0.3) is 0 Å². The number of hydrogen-bond donors (Lipinski definition) is 1. The van der Waals surface area contributed by atoms with Gasteiger partial charge in [0.2, 0.25) is 0 Å². The minimum atomic E-state index is -0.811. The van der Waals surface area contributed by atoms with Gasteiger partial charge in [-0.3, -0.25) is 18.8 Å². The van der Waals surface area contributed by atoms with Crippen molar-refractivity contribution in [3.63, 3.8) is 0 Å². The van der Waals surface area contributed by atoms with Crippen molar-refractivity contribution in [1.82, 2.24) is 14.0 Å². The zero-order valence-electron chi connectivity index (χ0n) is 12.3. The Morgan fingerprint density at radius 3 is 2.32 bits per heavy atom. The molecule has 1 aromatic rings. The van der Waals surface area contributed by atoms with E-state index in [4.69, 9.17) is 0 Å². The van der Waals surface area contributed by atoms with Gasteiger partial charge in [-0.1, -0.05) is 6.92 Å². The number of likely N-dealkylation sites (N-methyl/N-ethyl adjacent to an activating group) is 1. The van der Waals surface area contributed by atoms with Gasteiger partial charge in [0.25, 0.3) is 5.56 Å². The Morgan fingerprint density at radius 1 is 1.26 bits per heavy atom. The Labute approximate surface area is 112 Å². The molecule has 0 atom stereocenters. The highest BCUT2D eigenvalue weighted by Gasteiger charge is 2.18. The fourth-order valence-electron chi connectivity index (χ4n) is 1.99. The molecule has 0 aliphatic rings. The highest BCUT2D eigenvalue weighted by atomic mass is 16.3. The third-order valence-electron chi connectivity index (χ3n) is 3.07. The van der Waals surface area contributed by atoms with Gasteiger partial charge in [-0.25, -0.2) is 4.79 Å². The second kappa shape index (κ2) is 5.71. The molecule has 0 fully saturated rings. The predicted molar refractivity (Wildman–Crippen MR) is 74.2 cm³/mol. The van der Waals surface area contributed by atoms with E-state index in [9.17, 15) is 14.7 Å². The zero-order valence-corrected chi connectivity index (χ0v) is 12.3. The molecule has 0 saturated heterocycles. The first kappa shape index (κ1) is 15.7. The van der Waals surface area contributed by atoms with Crippen molar-refractivity contribution >= 4 is 0 Å². The van der Waals surface area contributed by atoms with E-state index in [1.807, 2.05) is 11.8 Å². The van der Waals surface area contributed by atoms with E-state index in [1.54, 1.807) is 20.9 Å². The number of aliphatic hydroxyl groups is 1. The fourth-order valence-corrected chi connectivity index (χ4v) is 1.99. The topological polar surface area (TPSA) is 67.5 Å². The van der Waals surface area contributed by atoms with Gasteiger partial charge >= 0.3 is 5.69 Å². The lowest BCUT2D eigenvalue weighted by Crippen LogP contribution is -2.42. The van der Waals surface area contributed by atoms with Crippen molar-refractivity contribution in [1.29, 1.82) is 0 Å². The van der Waals surface area contributed by atoms with Crippen LogP contribution in [0, 0.1) is 0 Å². The first-order chi connectivity index (χ1) is 8.65. The maximum atomic E-state index is 11.8. The van der Waals surface area contributed by atoms with E-state index in [1.165, 1.54) is 17.7 Å². The van der Waals surface area contributed by atoms with Gasteiger partial charge in [-0.2, -0.15) is 0 Å². The number of nitrogens with zero attached hydrogens (tertiary/aromatic N) is 3. The molecule has 0 saturated carbocycles. The first-order valence-electron chi connectivity index (χ1n) is 6.36. The van der Waals surface area contributed by atoms with Crippen molar-refractivity contribution in [3.05, 3.63) is 32.6 Å². The summed E-state index contributed by atoms with van der Waals surface area (Å²) >= 11 is 0. The van der Waals surface area contributed by atoms with Gasteiger partial charge in [-0.05, 0) is 20.4 Å². The average molecular weight is 269 g/mol. The maximum absolute atomic E-state index is 11.8. The van der Waals surface area contributed by atoms with E-state index in [2.05, 4.69) is 0 Å². The van der Waals surface area contributed by atoms with E-state index in [0.717, 1.165) is 11.1 Å². The Bertz CT molecular complexity index is 552. The molecule has 0 aliphatic heterocycles. The summed E-state index contributed by atoms with van der Waals surface area (Å²) in [5.41, 5.74) is -0.798. The largest absolute Gasteiger partial charge is 0.389 e. The second-order valence-electron chi connectivity index (χ2n) is 5.49. The number of aromatic nitrogens is 2. The Hall–Kier alpha value is -1.40. The molecule has 1 heterocycles. The van der Waals surface area contributed by atoms with Crippen LogP contribution in [0.15, 0.2) is 15.7 Å². The van der Waals surface area contributed by atoms with Gasteiger partial charge in [0.15, 0.2) is 0 Å². The van der Waals surface area contributed by atoms with Crippen LogP contribution in [0.3, 0.4) is 0 Å². The highest BCUT2D eigenvalue weighted by molar-refractivity contribution is 5.02. The van der Waals surface area contributed by atoms with Crippen molar-refractivity contribution in [2.24, 2.45) is 14.1 Å². The van der Waals surface area contributed by atoms with Gasteiger partial charge < -0.3 is 5.11 Å². The minimum Gasteiger partial charge on any atom is -0.389 e. The third-order valence-corrected chi connectivity index (χ3v) is 3.07. The summed E-state index contributed by atoms with van der Waals surface area (Å²) < 4.78 is 2.55. The normalized spacial score (nSPS) is 12.2. The molecule has 0 aliphatic carbocycles. The Kier molecular flexibility index (Phi) is 4.70. The second-order valence-corrected chi connectivity index (χ2v) is 5.49. The molecule has 0 spiro atoms. The van der Waals surface area contributed by atoms with Crippen LogP contribution in [0.5, 0.6) is 0 Å². The van der Waals surface area contributed by atoms with Gasteiger partial charge in [0, 0.05) is 38.9 Å². The van der Waals surface area contributed by atoms with Crippen molar-refractivity contribution in [2.45, 2.75) is 32.9 Å². The summed E-state index contributed by atoms with van der Waals surface area (Å²) in [6.45, 7) is 7.12. The smallest absolute Gasteiger partial charge is 0.330 e. The lowest BCUT2D eigenvalue weighted by molar-refractivity contribution is 0.0345. The predicted octanol–water partition coefficient (Wildman–Crippen LogP) is -0.323. The van der Waals surface area contributed by atoms with Gasteiger partial charge in [-0.15, -0.1) is 0 Å². The molecular formula is C13H23N3O3. The van der Waals surface area contributed by atoms with E-state index >= 15 is 0 Å². The lowest BCUT2D eigenvalue weighted by Gasteiger charge is -2.28. The van der Waals surface area contributed by atoms with Crippen molar-refractivity contribution in [3.8, 4) is 0 Å². The van der Waals surface area contributed by atoms with Gasteiger partial charge in [0.1, 0.15) is 0 Å². The van der Waals surface area contributed by atoms with E-state index in [0.29, 0.717) is 18.8 Å². The first-order valence-corrected chi connectivity index (χ1v) is 6.36. The zero-order chi connectivity index (χ0) is 14.8. The molecular weight excluding hydrogens is 246 g/mol. The number of hydrogen-bond acceptors (Lipinski definition) is 4. The Morgan fingerprint density at radius 2 is 1.84 bits per heavy atom. The monoisotopic (exact) mass is 269 g/mol. The summed E-state index contributed by atoms with van der Waals surface area (Å²) in [7, 11) is 3.11. The van der Waals surface area contributed by atoms with Crippen LogP contribution in [0.4, 0.5) is 0 Å². The molecule has 0 bridgehead atoms. The molecule has 108 valence electrons.